The standard InChI is InChI=1S/C22H26N4O3S/c1-14-6-10-19(11-7-14)30(28,29)25-21-12-18(9-8-15(21)2)22(27)23-13-20-16(3)24-26(5)17(20)4/h6-12,25H,13H2,1-5H3,(H,23,27). The largest absolute Gasteiger partial charge is 0.348 e. The second-order valence-corrected chi connectivity index (χ2v) is 9.09. The molecule has 1 amide bonds. The first kappa shape index (κ1) is 21.6. The van der Waals surface area contributed by atoms with E-state index in [0.717, 1.165) is 28.1 Å². The van der Waals surface area contributed by atoms with Gasteiger partial charge in [-0.15, -0.1) is 0 Å². The molecule has 0 aliphatic rings. The van der Waals surface area contributed by atoms with Crippen LogP contribution in [0, 0.1) is 27.7 Å². The number of hydrogen-bond acceptors (Lipinski definition) is 4. The van der Waals surface area contributed by atoms with Crippen LogP contribution in [-0.2, 0) is 23.6 Å². The average molecular weight is 427 g/mol. The van der Waals surface area contributed by atoms with Crippen molar-refractivity contribution in [2.24, 2.45) is 7.05 Å². The van der Waals surface area contributed by atoms with Gasteiger partial charge in [0, 0.05) is 30.4 Å². The van der Waals surface area contributed by atoms with Crippen LogP contribution in [0.4, 0.5) is 5.69 Å². The second-order valence-electron chi connectivity index (χ2n) is 7.40. The van der Waals surface area contributed by atoms with Crippen LogP contribution in [0.1, 0.15) is 38.4 Å². The minimum Gasteiger partial charge on any atom is -0.348 e. The van der Waals surface area contributed by atoms with Gasteiger partial charge in [0.05, 0.1) is 16.3 Å². The highest BCUT2D eigenvalue weighted by Gasteiger charge is 2.17. The van der Waals surface area contributed by atoms with Crippen LogP contribution in [-0.4, -0.2) is 24.1 Å². The number of carbonyl (C=O) groups excluding carboxylic acids is 1. The van der Waals surface area contributed by atoms with Gasteiger partial charge < -0.3 is 5.32 Å². The number of rotatable bonds is 6. The maximum Gasteiger partial charge on any atom is 0.261 e. The quantitative estimate of drug-likeness (QED) is 0.632. The molecule has 0 saturated heterocycles. The van der Waals surface area contributed by atoms with Crippen LogP contribution in [0.25, 0.3) is 0 Å². The van der Waals surface area contributed by atoms with Crippen LogP contribution in [0.5, 0.6) is 0 Å². The van der Waals surface area contributed by atoms with Crippen molar-refractivity contribution in [3.05, 3.63) is 76.1 Å². The lowest BCUT2D eigenvalue weighted by molar-refractivity contribution is 0.0951. The Morgan fingerprint density at radius 2 is 1.70 bits per heavy atom. The fraction of sp³-hybridized carbons (Fsp3) is 0.273. The molecule has 30 heavy (non-hydrogen) atoms. The molecule has 0 aliphatic carbocycles. The summed E-state index contributed by atoms with van der Waals surface area (Å²) in [6, 6.07) is 11.6. The van der Waals surface area contributed by atoms with Gasteiger partial charge in [0.1, 0.15) is 0 Å². The highest BCUT2D eigenvalue weighted by molar-refractivity contribution is 7.92. The Labute approximate surface area is 177 Å². The average Bonchev–Trinajstić information content (AvgIpc) is 2.93. The molecule has 2 N–H and O–H groups in total. The third-order valence-corrected chi connectivity index (χ3v) is 6.54. The highest BCUT2D eigenvalue weighted by atomic mass is 32.2. The van der Waals surface area contributed by atoms with E-state index in [9.17, 15) is 13.2 Å². The van der Waals surface area contributed by atoms with Gasteiger partial charge in [-0.25, -0.2) is 8.42 Å². The Balaban J connectivity index is 1.79. The van der Waals surface area contributed by atoms with E-state index >= 15 is 0 Å². The minimum atomic E-state index is -3.75. The van der Waals surface area contributed by atoms with Crippen molar-refractivity contribution in [1.29, 1.82) is 0 Å². The summed E-state index contributed by atoms with van der Waals surface area (Å²) >= 11 is 0. The lowest BCUT2D eigenvalue weighted by Crippen LogP contribution is -2.24. The zero-order chi connectivity index (χ0) is 22.1. The van der Waals surface area contributed by atoms with E-state index in [-0.39, 0.29) is 10.8 Å². The lowest BCUT2D eigenvalue weighted by Gasteiger charge is -2.13. The monoisotopic (exact) mass is 426 g/mol. The second kappa shape index (κ2) is 8.31. The van der Waals surface area contributed by atoms with Crippen LogP contribution < -0.4 is 10.0 Å². The summed E-state index contributed by atoms with van der Waals surface area (Å²) in [7, 11) is -1.89. The number of nitrogens with zero attached hydrogens (tertiary/aromatic N) is 2. The molecule has 1 aromatic heterocycles. The Bertz CT molecular complexity index is 1200. The lowest BCUT2D eigenvalue weighted by atomic mass is 10.1. The molecule has 1 heterocycles. The van der Waals surface area contributed by atoms with Gasteiger partial charge in [0.25, 0.3) is 15.9 Å². The summed E-state index contributed by atoms with van der Waals surface area (Å²) in [5.74, 6) is -0.284. The molecule has 0 bridgehead atoms. The van der Waals surface area contributed by atoms with Gasteiger partial charge >= 0.3 is 0 Å². The zero-order valence-electron chi connectivity index (χ0n) is 17.8. The summed E-state index contributed by atoms with van der Waals surface area (Å²) in [4.78, 5) is 12.8. The van der Waals surface area contributed by atoms with Gasteiger partial charge in [0.2, 0.25) is 0 Å². The molecule has 0 aliphatic heterocycles. The normalized spacial score (nSPS) is 11.4. The Kier molecular flexibility index (Phi) is 5.98. The predicted octanol–water partition coefficient (Wildman–Crippen LogP) is 3.38. The van der Waals surface area contributed by atoms with E-state index in [2.05, 4.69) is 15.1 Å². The van der Waals surface area contributed by atoms with Gasteiger partial charge in [-0.05, 0) is 57.5 Å². The number of aromatic nitrogens is 2. The van der Waals surface area contributed by atoms with E-state index in [0.29, 0.717) is 17.8 Å². The van der Waals surface area contributed by atoms with Crippen molar-refractivity contribution in [2.75, 3.05) is 4.72 Å². The summed E-state index contributed by atoms with van der Waals surface area (Å²) in [5, 5.41) is 7.24. The first-order valence-electron chi connectivity index (χ1n) is 9.56. The number of aryl methyl sites for hydroxylation is 4. The van der Waals surface area contributed by atoms with E-state index in [1.54, 1.807) is 54.1 Å². The van der Waals surface area contributed by atoms with Crippen LogP contribution in [0.2, 0.25) is 0 Å². The van der Waals surface area contributed by atoms with Crippen molar-refractivity contribution >= 4 is 21.6 Å². The molecule has 3 aromatic rings. The summed E-state index contributed by atoms with van der Waals surface area (Å²) < 4.78 is 29.8. The van der Waals surface area contributed by atoms with Crippen molar-refractivity contribution in [1.82, 2.24) is 15.1 Å². The number of hydrogen-bond donors (Lipinski definition) is 2. The molecule has 158 valence electrons. The van der Waals surface area contributed by atoms with Crippen molar-refractivity contribution in [2.45, 2.75) is 39.1 Å². The number of anilines is 1. The zero-order valence-corrected chi connectivity index (χ0v) is 18.6. The third-order valence-electron chi connectivity index (χ3n) is 5.16. The Morgan fingerprint density at radius 3 is 2.30 bits per heavy atom. The molecule has 0 fully saturated rings. The number of nitrogens with one attached hydrogen (secondary N) is 2. The molecule has 7 nitrogen and oxygen atoms in total. The van der Waals surface area contributed by atoms with Crippen molar-refractivity contribution in [3.63, 3.8) is 0 Å². The maximum atomic E-state index is 12.7. The molecule has 0 radical (unpaired) electrons. The predicted molar refractivity (Wildman–Crippen MR) is 117 cm³/mol. The molecule has 0 unspecified atom stereocenters. The smallest absolute Gasteiger partial charge is 0.261 e. The molecule has 0 spiro atoms. The Morgan fingerprint density at radius 1 is 1.03 bits per heavy atom. The van der Waals surface area contributed by atoms with Gasteiger partial charge in [-0.3, -0.25) is 14.2 Å². The molecule has 0 atom stereocenters. The molecule has 8 heteroatoms. The number of sulfonamides is 1. The summed E-state index contributed by atoms with van der Waals surface area (Å²) in [6.45, 7) is 7.88. The Hall–Kier alpha value is -3.13. The molecule has 3 rings (SSSR count). The van der Waals surface area contributed by atoms with Gasteiger partial charge in [-0.2, -0.15) is 5.10 Å². The van der Waals surface area contributed by atoms with Crippen LogP contribution in [0.3, 0.4) is 0 Å². The topological polar surface area (TPSA) is 93.1 Å². The summed E-state index contributed by atoms with van der Waals surface area (Å²) in [5.41, 5.74) is 5.27. The first-order chi connectivity index (χ1) is 14.1. The number of amides is 1. The van der Waals surface area contributed by atoms with Crippen LogP contribution >= 0.6 is 0 Å². The van der Waals surface area contributed by atoms with E-state index < -0.39 is 10.0 Å². The number of benzene rings is 2. The molecule has 2 aromatic carbocycles. The van der Waals surface area contributed by atoms with E-state index in [1.165, 1.54) is 0 Å². The van der Waals surface area contributed by atoms with E-state index in [1.807, 2.05) is 27.8 Å². The minimum absolute atomic E-state index is 0.171. The van der Waals surface area contributed by atoms with Gasteiger partial charge in [-0.1, -0.05) is 23.8 Å². The van der Waals surface area contributed by atoms with Crippen molar-refractivity contribution in [3.8, 4) is 0 Å². The SMILES string of the molecule is Cc1ccc(S(=O)(=O)Nc2cc(C(=O)NCc3c(C)nn(C)c3C)ccc2C)cc1. The fourth-order valence-electron chi connectivity index (χ4n) is 3.14. The van der Waals surface area contributed by atoms with Crippen LogP contribution in [0.15, 0.2) is 47.4 Å². The number of carbonyl (C=O) groups is 1. The fourth-order valence-corrected chi connectivity index (χ4v) is 4.26. The first-order valence-corrected chi connectivity index (χ1v) is 11.0. The molecular formula is C22H26N4O3S. The van der Waals surface area contributed by atoms with Gasteiger partial charge in [0.15, 0.2) is 0 Å². The summed E-state index contributed by atoms with van der Waals surface area (Å²) in [6.07, 6.45) is 0. The van der Waals surface area contributed by atoms with E-state index in [4.69, 9.17) is 0 Å². The van der Waals surface area contributed by atoms with Crippen molar-refractivity contribution < 1.29 is 13.2 Å². The third kappa shape index (κ3) is 4.54. The molecule has 0 saturated carbocycles. The molecular weight excluding hydrogens is 400 g/mol. The maximum absolute atomic E-state index is 12.7. The highest BCUT2D eigenvalue weighted by Crippen LogP contribution is 2.22.